The van der Waals surface area contributed by atoms with Crippen LogP contribution in [0.25, 0.3) is 11.4 Å². The van der Waals surface area contributed by atoms with Crippen molar-refractivity contribution in [2.75, 3.05) is 19.5 Å². The van der Waals surface area contributed by atoms with E-state index in [9.17, 15) is 4.79 Å². The first-order valence-electron chi connectivity index (χ1n) is 9.84. The molecule has 0 atom stereocenters. The number of nitrogens with one attached hydrogen (secondary N) is 2. The molecule has 0 saturated carbocycles. The molecule has 0 unspecified atom stereocenters. The molecule has 7 heteroatoms. The van der Waals surface area contributed by atoms with Crippen LogP contribution in [0.5, 0.6) is 11.5 Å². The molecule has 1 amide bonds. The van der Waals surface area contributed by atoms with Gasteiger partial charge in [0.25, 0.3) is 0 Å². The Morgan fingerprint density at radius 2 is 1.80 bits per heavy atom. The van der Waals surface area contributed by atoms with Crippen molar-refractivity contribution in [3.63, 3.8) is 0 Å². The summed E-state index contributed by atoms with van der Waals surface area (Å²) in [5.41, 5.74) is 3.24. The predicted molar refractivity (Wildman–Crippen MR) is 117 cm³/mol. The van der Waals surface area contributed by atoms with Crippen LogP contribution in [0.2, 0.25) is 0 Å². The molecular weight excluding hydrogens is 380 g/mol. The van der Waals surface area contributed by atoms with Crippen LogP contribution in [-0.2, 0) is 16.6 Å². The van der Waals surface area contributed by atoms with Crippen LogP contribution in [0.1, 0.15) is 38.3 Å². The number of methoxy groups -OCH3 is 2. The van der Waals surface area contributed by atoms with E-state index in [4.69, 9.17) is 9.47 Å². The van der Waals surface area contributed by atoms with Crippen molar-refractivity contribution in [3.05, 3.63) is 53.6 Å². The van der Waals surface area contributed by atoms with Gasteiger partial charge < -0.3 is 9.47 Å². The summed E-state index contributed by atoms with van der Waals surface area (Å²) in [5.74, 6) is 1.88. The molecule has 0 aliphatic carbocycles. The Morgan fingerprint density at radius 1 is 1.07 bits per heavy atom. The van der Waals surface area contributed by atoms with Gasteiger partial charge >= 0.3 is 0 Å². The summed E-state index contributed by atoms with van der Waals surface area (Å²) in [7, 11) is 3.17. The molecule has 1 heterocycles. The van der Waals surface area contributed by atoms with E-state index in [0.29, 0.717) is 30.2 Å². The molecule has 3 aromatic rings. The Bertz CT molecular complexity index is 1000. The third-order valence-electron chi connectivity index (χ3n) is 4.86. The summed E-state index contributed by atoms with van der Waals surface area (Å²) in [5, 5.41) is 9.67. The molecule has 0 radical (unpaired) electrons. The van der Waals surface area contributed by atoms with Crippen LogP contribution < -0.4 is 14.8 Å². The van der Waals surface area contributed by atoms with Gasteiger partial charge in [-0.1, -0.05) is 45.0 Å². The van der Waals surface area contributed by atoms with Gasteiger partial charge in [-0.2, -0.15) is 4.98 Å². The molecule has 2 aromatic carbocycles. The first-order valence-corrected chi connectivity index (χ1v) is 9.84. The quantitative estimate of drug-likeness (QED) is 0.606. The number of aryl methyl sites for hydroxylation is 1. The Morgan fingerprint density at radius 3 is 2.43 bits per heavy atom. The lowest BCUT2D eigenvalue weighted by Gasteiger charge is -2.19. The minimum atomic E-state index is -0.137. The summed E-state index contributed by atoms with van der Waals surface area (Å²) in [6.07, 6.45) is 1.00. The second-order valence-electron chi connectivity index (χ2n) is 8.07. The summed E-state index contributed by atoms with van der Waals surface area (Å²) < 4.78 is 10.6. The number of rotatable bonds is 7. The molecular formula is C23H28N4O3. The summed E-state index contributed by atoms with van der Waals surface area (Å²) in [6.45, 7) is 6.55. The van der Waals surface area contributed by atoms with E-state index in [0.717, 1.165) is 11.1 Å². The predicted octanol–water partition coefficient (Wildman–Crippen LogP) is 4.36. The second kappa shape index (κ2) is 8.98. The topological polar surface area (TPSA) is 89.1 Å². The molecule has 1 aromatic heterocycles. The zero-order valence-corrected chi connectivity index (χ0v) is 18.1. The van der Waals surface area contributed by atoms with Gasteiger partial charge in [0.05, 0.1) is 19.8 Å². The molecule has 0 bridgehead atoms. The van der Waals surface area contributed by atoms with Crippen LogP contribution in [0.3, 0.4) is 0 Å². The number of hydrogen-bond donors (Lipinski definition) is 2. The van der Waals surface area contributed by atoms with Gasteiger partial charge in [0.1, 0.15) is 11.5 Å². The van der Waals surface area contributed by atoms with Crippen molar-refractivity contribution < 1.29 is 14.3 Å². The zero-order chi connectivity index (χ0) is 21.7. The first kappa shape index (κ1) is 21.4. The van der Waals surface area contributed by atoms with Gasteiger partial charge in [-0.25, -0.2) is 0 Å². The molecule has 7 nitrogen and oxygen atoms in total. The van der Waals surface area contributed by atoms with E-state index in [-0.39, 0.29) is 17.3 Å². The van der Waals surface area contributed by atoms with Crippen LogP contribution in [0.15, 0.2) is 42.5 Å². The maximum absolute atomic E-state index is 12.3. The highest BCUT2D eigenvalue weighted by molar-refractivity contribution is 5.89. The number of anilines is 1. The molecule has 30 heavy (non-hydrogen) atoms. The molecule has 3 rings (SSSR count). The van der Waals surface area contributed by atoms with Crippen LogP contribution in [0, 0.1) is 0 Å². The van der Waals surface area contributed by atoms with E-state index in [1.807, 2.05) is 12.1 Å². The van der Waals surface area contributed by atoms with Crippen LogP contribution >= 0.6 is 0 Å². The van der Waals surface area contributed by atoms with E-state index in [1.165, 1.54) is 5.56 Å². The SMILES string of the molecule is COc1ccc(-c2nc(NC(=O)CCc3ccc(C(C)(C)C)cc3)n[nH]2)c(OC)c1. The summed E-state index contributed by atoms with van der Waals surface area (Å²) in [6, 6.07) is 13.8. The molecule has 0 fully saturated rings. The van der Waals surface area contributed by atoms with E-state index < -0.39 is 0 Å². The van der Waals surface area contributed by atoms with E-state index >= 15 is 0 Å². The number of H-pyrrole nitrogens is 1. The fourth-order valence-corrected chi connectivity index (χ4v) is 3.05. The minimum absolute atomic E-state index is 0.117. The number of aromatic amines is 1. The molecule has 0 aliphatic rings. The Labute approximate surface area is 176 Å². The van der Waals surface area contributed by atoms with E-state index in [1.54, 1.807) is 20.3 Å². The molecule has 158 valence electrons. The summed E-state index contributed by atoms with van der Waals surface area (Å²) in [4.78, 5) is 16.7. The maximum atomic E-state index is 12.3. The lowest BCUT2D eigenvalue weighted by Crippen LogP contribution is -2.14. The molecule has 0 saturated heterocycles. The number of carbonyl (C=O) groups excluding carboxylic acids is 1. The fraction of sp³-hybridized carbons (Fsp3) is 0.348. The Balaban J connectivity index is 1.60. The standard InChI is InChI=1S/C23H28N4O3/c1-23(2,3)16-9-6-15(7-10-16)8-13-20(28)24-22-25-21(26-27-22)18-12-11-17(29-4)14-19(18)30-5/h6-7,9-12,14H,8,13H2,1-5H3,(H2,24,25,26,27,28). The van der Waals surface area contributed by atoms with Gasteiger partial charge in [0, 0.05) is 12.5 Å². The minimum Gasteiger partial charge on any atom is -0.497 e. The maximum Gasteiger partial charge on any atom is 0.249 e. The number of amides is 1. The molecule has 0 aliphatic heterocycles. The Hall–Kier alpha value is -3.35. The number of benzene rings is 2. The van der Waals surface area contributed by atoms with E-state index in [2.05, 4.69) is 65.5 Å². The van der Waals surface area contributed by atoms with Crippen molar-refractivity contribution in [2.24, 2.45) is 0 Å². The number of nitrogens with zero attached hydrogens (tertiary/aromatic N) is 2. The van der Waals surface area contributed by atoms with Gasteiger partial charge in [0.2, 0.25) is 11.9 Å². The van der Waals surface area contributed by atoms with Gasteiger partial charge in [-0.05, 0) is 35.1 Å². The molecule has 2 N–H and O–H groups in total. The number of aromatic nitrogens is 3. The third kappa shape index (κ3) is 5.17. The average Bonchev–Trinajstić information content (AvgIpc) is 3.19. The largest absolute Gasteiger partial charge is 0.497 e. The lowest BCUT2D eigenvalue weighted by atomic mass is 9.86. The normalized spacial score (nSPS) is 11.2. The zero-order valence-electron chi connectivity index (χ0n) is 18.1. The second-order valence-corrected chi connectivity index (χ2v) is 8.07. The van der Waals surface area contributed by atoms with Crippen molar-refractivity contribution >= 4 is 11.9 Å². The van der Waals surface area contributed by atoms with Gasteiger partial charge in [-0.15, -0.1) is 5.10 Å². The van der Waals surface area contributed by atoms with Crippen LogP contribution in [-0.4, -0.2) is 35.3 Å². The fourth-order valence-electron chi connectivity index (χ4n) is 3.05. The number of carbonyl (C=O) groups is 1. The monoisotopic (exact) mass is 408 g/mol. The molecule has 0 spiro atoms. The van der Waals surface area contributed by atoms with Crippen LogP contribution in [0.4, 0.5) is 5.95 Å². The highest BCUT2D eigenvalue weighted by atomic mass is 16.5. The van der Waals surface area contributed by atoms with Crippen molar-refractivity contribution in [3.8, 4) is 22.9 Å². The van der Waals surface area contributed by atoms with Gasteiger partial charge in [-0.3, -0.25) is 15.2 Å². The number of ether oxygens (including phenoxy) is 2. The smallest absolute Gasteiger partial charge is 0.249 e. The highest BCUT2D eigenvalue weighted by Crippen LogP contribution is 2.31. The van der Waals surface area contributed by atoms with Gasteiger partial charge in [0.15, 0.2) is 5.82 Å². The van der Waals surface area contributed by atoms with Crippen molar-refractivity contribution in [1.29, 1.82) is 0 Å². The number of hydrogen-bond acceptors (Lipinski definition) is 5. The Kier molecular flexibility index (Phi) is 6.40. The lowest BCUT2D eigenvalue weighted by molar-refractivity contribution is -0.116. The first-order chi connectivity index (χ1) is 14.3. The highest BCUT2D eigenvalue weighted by Gasteiger charge is 2.15. The average molecular weight is 409 g/mol. The summed E-state index contributed by atoms with van der Waals surface area (Å²) >= 11 is 0. The van der Waals surface area contributed by atoms with Crippen molar-refractivity contribution in [1.82, 2.24) is 15.2 Å². The van der Waals surface area contributed by atoms with Crippen molar-refractivity contribution in [2.45, 2.75) is 39.0 Å². The third-order valence-corrected chi connectivity index (χ3v) is 4.86.